The summed E-state index contributed by atoms with van der Waals surface area (Å²) in [5.74, 6) is -1.06. The van der Waals surface area contributed by atoms with E-state index in [0.717, 1.165) is 30.6 Å². The van der Waals surface area contributed by atoms with E-state index in [4.69, 9.17) is 0 Å². The van der Waals surface area contributed by atoms with Crippen LogP contribution >= 0.6 is 11.8 Å². The topological polar surface area (TPSA) is 79.3 Å². The third kappa shape index (κ3) is 5.04. The molecule has 2 atom stereocenters. The Hall–Kier alpha value is -1.56. The third-order valence-corrected chi connectivity index (χ3v) is 4.71. The summed E-state index contributed by atoms with van der Waals surface area (Å²) in [4.78, 5) is 28.2. The van der Waals surface area contributed by atoms with Crippen molar-refractivity contribution in [2.75, 3.05) is 5.75 Å². The van der Waals surface area contributed by atoms with Crippen molar-refractivity contribution in [3.63, 3.8) is 0 Å². The van der Waals surface area contributed by atoms with Gasteiger partial charge in [0, 0.05) is 23.3 Å². The van der Waals surface area contributed by atoms with Gasteiger partial charge >= 0.3 is 5.97 Å². The van der Waals surface area contributed by atoms with E-state index in [1.807, 2.05) is 12.1 Å². The highest BCUT2D eigenvalue weighted by Crippen LogP contribution is 2.24. The Morgan fingerprint density at radius 3 is 2.67 bits per heavy atom. The fourth-order valence-corrected chi connectivity index (χ4v) is 3.30. The van der Waals surface area contributed by atoms with Crippen LogP contribution in [0.2, 0.25) is 0 Å². The van der Waals surface area contributed by atoms with Crippen molar-refractivity contribution in [2.45, 2.75) is 43.0 Å². The number of carbonyl (C=O) groups is 2. The van der Waals surface area contributed by atoms with Crippen molar-refractivity contribution >= 4 is 23.6 Å². The first-order chi connectivity index (χ1) is 10.2. The maximum atomic E-state index is 12.0. The summed E-state index contributed by atoms with van der Waals surface area (Å²) in [6, 6.07) is 3.46. The van der Waals surface area contributed by atoms with Gasteiger partial charge in [0.25, 0.3) is 0 Å². The van der Waals surface area contributed by atoms with Crippen molar-refractivity contribution in [3.8, 4) is 0 Å². The number of pyridine rings is 1. The minimum atomic E-state index is -0.802. The van der Waals surface area contributed by atoms with Gasteiger partial charge in [-0.2, -0.15) is 0 Å². The maximum Gasteiger partial charge on any atom is 0.308 e. The van der Waals surface area contributed by atoms with Gasteiger partial charge in [-0.1, -0.05) is 19.3 Å². The van der Waals surface area contributed by atoms with E-state index in [9.17, 15) is 14.7 Å². The monoisotopic (exact) mass is 308 g/mol. The second kappa shape index (κ2) is 8.02. The molecule has 1 aromatic heterocycles. The van der Waals surface area contributed by atoms with Crippen molar-refractivity contribution in [3.05, 3.63) is 24.5 Å². The zero-order valence-corrected chi connectivity index (χ0v) is 12.6. The number of hydrogen-bond acceptors (Lipinski definition) is 4. The lowest BCUT2D eigenvalue weighted by atomic mass is 9.95. The number of rotatable bonds is 5. The summed E-state index contributed by atoms with van der Waals surface area (Å²) in [5.41, 5.74) is 0. The molecule has 1 fully saturated rings. The van der Waals surface area contributed by atoms with Crippen LogP contribution in [0.1, 0.15) is 32.1 Å². The molecule has 0 saturated heterocycles. The van der Waals surface area contributed by atoms with Crippen LogP contribution in [0, 0.1) is 5.92 Å². The first-order valence-corrected chi connectivity index (χ1v) is 8.20. The van der Waals surface area contributed by atoms with Gasteiger partial charge in [-0.05, 0) is 25.0 Å². The van der Waals surface area contributed by atoms with E-state index in [1.165, 1.54) is 11.8 Å². The summed E-state index contributed by atoms with van der Waals surface area (Å²) in [6.07, 6.45) is 7.72. The van der Waals surface area contributed by atoms with Crippen LogP contribution < -0.4 is 5.32 Å². The molecular formula is C15H20N2O3S. The number of carbonyl (C=O) groups excluding carboxylic acids is 1. The van der Waals surface area contributed by atoms with E-state index >= 15 is 0 Å². The van der Waals surface area contributed by atoms with Gasteiger partial charge in [0.1, 0.15) is 0 Å². The lowest BCUT2D eigenvalue weighted by Crippen LogP contribution is -2.43. The van der Waals surface area contributed by atoms with Gasteiger partial charge in [0.2, 0.25) is 5.91 Å². The molecule has 1 aromatic rings. The third-order valence-electron chi connectivity index (χ3n) is 3.70. The molecule has 1 saturated carbocycles. The summed E-state index contributed by atoms with van der Waals surface area (Å²) < 4.78 is 0. The number of carboxylic acid groups (broad SMARTS) is 1. The Labute approximate surface area is 128 Å². The quantitative estimate of drug-likeness (QED) is 0.644. The lowest BCUT2D eigenvalue weighted by Gasteiger charge is -2.22. The van der Waals surface area contributed by atoms with Crippen LogP contribution in [-0.2, 0) is 9.59 Å². The predicted octanol–water partition coefficient (Wildman–Crippen LogP) is 2.32. The Morgan fingerprint density at radius 2 is 1.95 bits per heavy atom. The molecule has 0 spiro atoms. The Bertz CT molecular complexity index is 481. The van der Waals surface area contributed by atoms with Crippen LogP contribution in [0.3, 0.4) is 0 Å². The summed E-state index contributed by atoms with van der Waals surface area (Å²) in [7, 11) is 0. The number of aromatic nitrogens is 1. The van der Waals surface area contributed by atoms with Crippen LogP contribution in [0.15, 0.2) is 29.4 Å². The second-order valence-electron chi connectivity index (χ2n) is 5.23. The summed E-state index contributed by atoms with van der Waals surface area (Å²) in [6.45, 7) is 0. The van der Waals surface area contributed by atoms with Crippen LogP contribution in [0.4, 0.5) is 0 Å². The predicted molar refractivity (Wildman–Crippen MR) is 81.1 cm³/mol. The molecule has 0 radical (unpaired) electrons. The van der Waals surface area contributed by atoms with Crippen LogP contribution in [0.5, 0.6) is 0 Å². The molecule has 1 aliphatic carbocycles. The van der Waals surface area contributed by atoms with E-state index < -0.39 is 11.9 Å². The van der Waals surface area contributed by atoms with Crippen LogP contribution in [-0.4, -0.2) is 33.8 Å². The molecule has 1 amide bonds. The average Bonchev–Trinajstić information content (AvgIpc) is 2.72. The molecule has 21 heavy (non-hydrogen) atoms. The van der Waals surface area contributed by atoms with Crippen molar-refractivity contribution < 1.29 is 14.7 Å². The summed E-state index contributed by atoms with van der Waals surface area (Å²) >= 11 is 1.43. The number of thioether (sulfide) groups is 1. The highest BCUT2D eigenvalue weighted by molar-refractivity contribution is 8.00. The molecule has 0 aromatic carbocycles. The van der Waals surface area contributed by atoms with Gasteiger partial charge in [-0.3, -0.25) is 14.6 Å². The van der Waals surface area contributed by atoms with E-state index in [2.05, 4.69) is 10.3 Å². The zero-order chi connectivity index (χ0) is 15.1. The maximum absolute atomic E-state index is 12.0. The number of aliphatic carboxylic acids is 1. The van der Waals surface area contributed by atoms with E-state index in [1.54, 1.807) is 12.4 Å². The minimum absolute atomic E-state index is 0.102. The molecule has 0 aliphatic heterocycles. The van der Waals surface area contributed by atoms with Gasteiger partial charge in [0.15, 0.2) is 0 Å². The Kier molecular flexibility index (Phi) is 6.04. The largest absolute Gasteiger partial charge is 0.481 e. The molecule has 5 nitrogen and oxygen atoms in total. The van der Waals surface area contributed by atoms with E-state index in [0.29, 0.717) is 12.2 Å². The molecule has 6 heteroatoms. The van der Waals surface area contributed by atoms with Gasteiger partial charge in [0.05, 0.1) is 11.7 Å². The zero-order valence-electron chi connectivity index (χ0n) is 11.8. The lowest BCUT2D eigenvalue weighted by molar-refractivity contribution is -0.143. The van der Waals surface area contributed by atoms with E-state index in [-0.39, 0.29) is 11.9 Å². The average molecular weight is 308 g/mol. The van der Waals surface area contributed by atoms with Gasteiger partial charge < -0.3 is 10.4 Å². The van der Waals surface area contributed by atoms with Gasteiger partial charge in [-0.15, -0.1) is 11.8 Å². The Balaban J connectivity index is 1.86. The SMILES string of the molecule is O=C(CSc1ccncc1)NC1CCCCCC1C(=O)O. The standard InChI is InChI=1S/C15H20N2O3S/c18-14(10-21-11-6-8-16-9-7-11)17-13-5-3-1-2-4-12(13)15(19)20/h6-9,12-13H,1-5,10H2,(H,17,18)(H,19,20). The molecule has 0 bridgehead atoms. The Morgan fingerprint density at radius 1 is 1.24 bits per heavy atom. The van der Waals surface area contributed by atoms with Crippen molar-refractivity contribution in [1.82, 2.24) is 10.3 Å². The molecule has 1 aliphatic rings. The fourth-order valence-electron chi connectivity index (χ4n) is 2.61. The molecule has 2 rings (SSSR count). The fraction of sp³-hybridized carbons (Fsp3) is 0.533. The smallest absolute Gasteiger partial charge is 0.308 e. The van der Waals surface area contributed by atoms with Crippen molar-refractivity contribution in [2.24, 2.45) is 5.92 Å². The normalized spacial score (nSPS) is 22.3. The number of amides is 1. The minimum Gasteiger partial charge on any atom is -0.481 e. The highest BCUT2D eigenvalue weighted by Gasteiger charge is 2.30. The second-order valence-corrected chi connectivity index (χ2v) is 6.28. The highest BCUT2D eigenvalue weighted by atomic mass is 32.2. The molecule has 2 N–H and O–H groups in total. The summed E-state index contributed by atoms with van der Waals surface area (Å²) in [5, 5.41) is 12.2. The molecule has 114 valence electrons. The molecular weight excluding hydrogens is 288 g/mol. The molecule has 1 heterocycles. The molecule has 2 unspecified atom stereocenters. The number of carboxylic acids is 1. The van der Waals surface area contributed by atoms with Gasteiger partial charge in [-0.25, -0.2) is 0 Å². The number of hydrogen-bond donors (Lipinski definition) is 2. The first kappa shape index (κ1) is 15.8. The number of nitrogens with zero attached hydrogens (tertiary/aromatic N) is 1. The van der Waals surface area contributed by atoms with Crippen LogP contribution in [0.25, 0.3) is 0 Å². The van der Waals surface area contributed by atoms with Crippen molar-refractivity contribution in [1.29, 1.82) is 0 Å². The first-order valence-electron chi connectivity index (χ1n) is 7.22. The number of nitrogens with one attached hydrogen (secondary N) is 1.